The zero-order chi connectivity index (χ0) is 24.3. The Morgan fingerprint density at radius 1 is 0.824 bits per heavy atom. The van der Waals surface area contributed by atoms with E-state index in [0.29, 0.717) is 17.9 Å². The van der Waals surface area contributed by atoms with Crippen LogP contribution in [-0.2, 0) is 22.6 Å². The molecule has 0 fully saturated rings. The highest BCUT2D eigenvalue weighted by molar-refractivity contribution is 5.88. The molecule has 178 valence electrons. The summed E-state index contributed by atoms with van der Waals surface area (Å²) in [6.07, 6.45) is 0.395. The second-order valence-electron chi connectivity index (χ2n) is 8.32. The molecule has 0 aliphatic carbocycles. The number of rotatable bonds is 11. The summed E-state index contributed by atoms with van der Waals surface area (Å²) in [5, 5.41) is 2.98. The molecule has 0 bridgehead atoms. The maximum Gasteiger partial charge on any atom is 0.261 e. The van der Waals surface area contributed by atoms with Crippen molar-refractivity contribution in [1.82, 2.24) is 10.2 Å². The zero-order valence-corrected chi connectivity index (χ0v) is 19.9. The van der Waals surface area contributed by atoms with Crippen LogP contribution in [0.1, 0.15) is 25.0 Å². The van der Waals surface area contributed by atoms with Crippen molar-refractivity contribution in [3.05, 3.63) is 96.1 Å². The van der Waals surface area contributed by atoms with E-state index in [1.54, 1.807) is 24.1 Å². The summed E-state index contributed by atoms with van der Waals surface area (Å²) in [6, 6.07) is 25.8. The van der Waals surface area contributed by atoms with E-state index in [-0.39, 0.29) is 31.0 Å². The number of nitrogens with zero attached hydrogens (tertiary/aromatic N) is 1. The Hall–Kier alpha value is -3.80. The van der Waals surface area contributed by atoms with Crippen LogP contribution in [0.4, 0.5) is 0 Å². The van der Waals surface area contributed by atoms with E-state index in [1.165, 1.54) is 0 Å². The lowest BCUT2D eigenvalue weighted by atomic mass is 10.0. The van der Waals surface area contributed by atoms with Gasteiger partial charge in [-0.05, 0) is 37.1 Å². The Labute approximate surface area is 201 Å². The first-order valence-corrected chi connectivity index (χ1v) is 11.4. The SMILES string of the molecule is COc1ccccc1OCC(=O)N(Cc1ccccc1)C(Cc1ccccc1)C(=O)NC(C)C. The fourth-order valence-corrected chi connectivity index (χ4v) is 3.68. The second-order valence-corrected chi connectivity index (χ2v) is 8.32. The molecule has 6 heteroatoms. The van der Waals surface area contributed by atoms with Crippen molar-refractivity contribution in [3.8, 4) is 11.5 Å². The van der Waals surface area contributed by atoms with Gasteiger partial charge in [0.05, 0.1) is 7.11 Å². The number of carbonyl (C=O) groups excluding carboxylic acids is 2. The molecule has 3 aromatic carbocycles. The predicted octanol–water partition coefficient (Wildman–Crippen LogP) is 4.24. The first kappa shape index (κ1) is 24.8. The number of hydrogen-bond donors (Lipinski definition) is 1. The van der Waals surface area contributed by atoms with Crippen LogP contribution in [-0.4, -0.2) is 42.5 Å². The molecule has 0 radical (unpaired) electrons. The predicted molar refractivity (Wildman–Crippen MR) is 133 cm³/mol. The van der Waals surface area contributed by atoms with Gasteiger partial charge in [0.1, 0.15) is 6.04 Å². The van der Waals surface area contributed by atoms with Crippen molar-refractivity contribution >= 4 is 11.8 Å². The summed E-state index contributed by atoms with van der Waals surface area (Å²) < 4.78 is 11.1. The van der Waals surface area contributed by atoms with Gasteiger partial charge in [0.2, 0.25) is 5.91 Å². The second kappa shape index (κ2) is 12.4. The van der Waals surface area contributed by atoms with E-state index < -0.39 is 6.04 Å². The fraction of sp³-hybridized carbons (Fsp3) is 0.286. The Bertz CT molecular complexity index is 1050. The molecule has 2 amide bonds. The molecule has 3 aromatic rings. The van der Waals surface area contributed by atoms with E-state index in [1.807, 2.05) is 86.6 Å². The molecule has 1 atom stereocenters. The highest BCUT2D eigenvalue weighted by atomic mass is 16.5. The van der Waals surface area contributed by atoms with Gasteiger partial charge in [-0.1, -0.05) is 72.8 Å². The first-order valence-electron chi connectivity index (χ1n) is 11.4. The summed E-state index contributed by atoms with van der Waals surface area (Å²) in [7, 11) is 1.55. The molecule has 0 aliphatic heterocycles. The van der Waals surface area contributed by atoms with Crippen molar-refractivity contribution in [2.45, 2.75) is 38.9 Å². The quantitative estimate of drug-likeness (QED) is 0.465. The molecule has 0 heterocycles. The average Bonchev–Trinajstić information content (AvgIpc) is 2.85. The molecular formula is C28H32N2O4. The van der Waals surface area contributed by atoms with E-state index >= 15 is 0 Å². The topological polar surface area (TPSA) is 67.9 Å². The van der Waals surface area contributed by atoms with Gasteiger partial charge in [0.15, 0.2) is 18.1 Å². The number of methoxy groups -OCH3 is 1. The number of para-hydroxylation sites is 2. The van der Waals surface area contributed by atoms with Crippen LogP contribution in [0.25, 0.3) is 0 Å². The largest absolute Gasteiger partial charge is 0.493 e. The number of carbonyl (C=O) groups is 2. The number of amides is 2. The highest BCUT2D eigenvalue weighted by Gasteiger charge is 2.31. The lowest BCUT2D eigenvalue weighted by Crippen LogP contribution is -2.52. The molecule has 0 saturated heterocycles. The van der Waals surface area contributed by atoms with Crippen LogP contribution in [0.3, 0.4) is 0 Å². The third kappa shape index (κ3) is 7.10. The molecule has 1 unspecified atom stereocenters. The molecule has 34 heavy (non-hydrogen) atoms. The molecule has 0 aromatic heterocycles. The third-order valence-electron chi connectivity index (χ3n) is 5.32. The van der Waals surface area contributed by atoms with Crippen LogP contribution in [0, 0.1) is 0 Å². The van der Waals surface area contributed by atoms with Gasteiger partial charge in [0, 0.05) is 19.0 Å². The van der Waals surface area contributed by atoms with Gasteiger partial charge in [0.25, 0.3) is 5.91 Å². The van der Waals surface area contributed by atoms with Crippen LogP contribution in [0.2, 0.25) is 0 Å². The monoisotopic (exact) mass is 460 g/mol. The fourth-order valence-electron chi connectivity index (χ4n) is 3.68. The number of ether oxygens (including phenoxy) is 2. The van der Waals surface area contributed by atoms with E-state index in [2.05, 4.69) is 5.32 Å². The molecule has 6 nitrogen and oxygen atoms in total. The number of nitrogens with one attached hydrogen (secondary N) is 1. The standard InChI is InChI=1S/C28H32N2O4/c1-21(2)29-28(32)24(18-22-12-6-4-7-13-22)30(19-23-14-8-5-9-15-23)27(31)20-34-26-17-11-10-16-25(26)33-3/h4-17,21,24H,18-20H2,1-3H3,(H,29,32). The van der Waals surface area contributed by atoms with Crippen molar-refractivity contribution in [2.24, 2.45) is 0 Å². The first-order chi connectivity index (χ1) is 16.5. The van der Waals surface area contributed by atoms with Gasteiger partial charge in [-0.2, -0.15) is 0 Å². The average molecular weight is 461 g/mol. The number of hydrogen-bond acceptors (Lipinski definition) is 4. The Morgan fingerprint density at radius 3 is 1.97 bits per heavy atom. The molecule has 3 rings (SSSR count). The van der Waals surface area contributed by atoms with Crippen molar-refractivity contribution in [3.63, 3.8) is 0 Å². The minimum atomic E-state index is -0.696. The smallest absolute Gasteiger partial charge is 0.261 e. The summed E-state index contributed by atoms with van der Waals surface area (Å²) >= 11 is 0. The maximum absolute atomic E-state index is 13.5. The molecule has 0 aliphatic rings. The Balaban J connectivity index is 1.89. The van der Waals surface area contributed by atoms with Crippen LogP contribution in [0.5, 0.6) is 11.5 Å². The molecule has 0 saturated carbocycles. The Kier molecular flexibility index (Phi) is 9.09. The highest BCUT2D eigenvalue weighted by Crippen LogP contribution is 2.26. The third-order valence-corrected chi connectivity index (χ3v) is 5.32. The van der Waals surface area contributed by atoms with Crippen LogP contribution >= 0.6 is 0 Å². The van der Waals surface area contributed by atoms with E-state index in [0.717, 1.165) is 11.1 Å². The summed E-state index contributed by atoms with van der Waals surface area (Å²) in [4.78, 5) is 28.4. The van der Waals surface area contributed by atoms with E-state index in [4.69, 9.17) is 9.47 Å². The van der Waals surface area contributed by atoms with Crippen molar-refractivity contribution in [1.29, 1.82) is 0 Å². The summed E-state index contributed by atoms with van der Waals surface area (Å²) in [5.41, 5.74) is 1.91. The minimum Gasteiger partial charge on any atom is -0.493 e. The van der Waals surface area contributed by atoms with Crippen LogP contribution < -0.4 is 14.8 Å². The van der Waals surface area contributed by atoms with Gasteiger partial charge < -0.3 is 19.7 Å². The lowest BCUT2D eigenvalue weighted by molar-refractivity contribution is -0.143. The van der Waals surface area contributed by atoms with Gasteiger partial charge in [-0.3, -0.25) is 9.59 Å². The van der Waals surface area contributed by atoms with Gasteiger partial charge >= 0.3 is 0 Å². The maximum atomic E-state index is 13.5. The van der Waals surface area contributed by atoms with Crippen molar-refractivity contribution < 1.29 is 19.1 Å². The molecule has 0 spiro atoms. The molecular weight excluding hydrogens is 428 g/mol. The zero-order valence-electron chi connectivity index (χ0n) is 19.9. The van der Waals surface area contributed by atoms with Crippen molar-refractivity contribution in [2.75, 3.05) is 13.7 Å². The number of benzene rings is 3. The lowest BCUT2D eigenvalue weighted by Gasteiger charge is -2.32. The summed E-state index contributed by atoms with van der Waals surface area (Å²) in [6.45, 7) is 3.89. The normalized spacial score (nSPS) is 11.5. The Morgan fingerprint density at radius 2 is 1.38 bits per heavy atom. The van der Waals surface area contributed by atoms with Crippen LogP contribution in [0.15, 0.2) is 84.9 Å². The minimum absolute atomic E-state index is 0.0516. The van der Waals surface area contributed by atoms with Gasteiger partial charge in [-0.15, -0.1) is 0 Å². The van der Waals surface area contributed by atoms with E-state index in [9.17, 15) is 9.59 Å². The molecule has 1 N–H and O–H groups in total. The summed E-state index contributed by atoms with van der Waals surface area (Å²) in [5.74, 6) is 0.544. The van der Waals surface area contributed by atoms with Gasteiger partial charge in [-0.25, -0.2) is 0 Å².